The lowest BCUT2D eigenvalue weighted by Gasteiger charge is -2.21. The first-order valence-electron chi connectivity index (χ1n) is 8.34. The minimum Gasteiger partial charge on any atom is -0.377 e. The van der Waals surface area contributed by atoms with Gasteiger partial charge < -0.3 is 10.1 Å². The number of aryl methyl sites for hydroxylation is 1. The predicted molar refractivity (Wildman–Crippen MR) is 95.8 cm³/mol. The predicted octanol–water partition coefficient (Wildman–Crippen LogP) is 1.46. The number of aromatic nitrogens is 5. The van der Waals surface area contributed by atoms with Crippen molar-refractivity contribution in [1.82, 2.24) is 24.7 Å². The largest absolute Gasteiger partial charge is 0.377 e. The van der Waals surface area contributed by atoms with Crippen LogP contribution in [0.1, 0.15) is 11.7 Å². The fourth-order valence-corrected chi connectivity index (χ4v) is 2.98. The van der Waals surface area contributed by atoms with E-state index in [1.54, 1.807) is 18.5 Å². The lowest BCUT2D eigenvalue weighted by atomic mass is 10.1. The lowest BCUT2D eigenvalue weighted by Crippen LogP contribution is -2.37. The Morgan fingerprint density at radius 3 is 2.81 bits per heavy atom. The molecule has 3 aromatic rings. The molecule has 8 heteroatoms. The molecule has 1 N–H and O–H groups in total. The maximum absolute atomic E-state index is 12.4. The molecule has 1 aliphatic rings. The summed E-state index contributed by atoms with van der Waals surface area (Å²) in [6, 6.07) is 8.51. The quantitative estimate of drug-likeness (QED) is 0.761. The average Bonchev–Trinajstić information content (AvgIpc) is 3.11. The highest BCUT2D eigenvalue weighted by Crippen LogP contribution is 2.22. The molecule has 1 aliphatic heterocycles. The van der Waals surface area contributed by atoms with Crippen molar-refractivity contribution in [3.05, 3.63) is 65.1 Å². The third kappa shape index (κ3) is 3.31. The van der Waals surface area contributed by atoms with Gasteiger partial charge in [-0.15, -0.1) is 0 Å². The zero-order valence-corrected chi connectivity index (χ0v) is 14.2. The van der Waals surface area contributed by atoms with Crippen molar-refractivity contribution in [2.45, 2.75) is 19.0 Å². The van der Waals surface area contributed by atoms with Crippen molar-refractivity contribution in [3.8, 4) is 11.3 Å². The van der Waals surface area contributed by atoms with Crippen LogP contribution < -0.4 is 10.9 Å². The Balaban J connectivity index is 1.64. The van der Waals surface area contributed by atoms with Gasteiger partial charge in [0, 0.05) is 35.8 Å². The van der Waals surface area contributed by atoms with Gasteiger partial charge in [-0.25, -0.2) is 14.6 Å². The maximum Gasteiger partial charge on any atom is 0.267 e. The Morgan fingerprint density at radius 2 is 2.00 bits per heavy atom. The molecule has 0 aliphatic carbocycles. The molecule has 3 aromatic heterocycles. The Kier molecular flexibility index (Phi) is 4.40. The van der Waals surface area contributed by atoms with Crippen molar-refractivity contribution in [2.75, 3.05) is 18.5 Å². The molecule has 4 rings (SSSR count). The highest BCUT2D eigenvalue weighted by molar-refractivity contribution is 5.57. The molecular formula is C18H18N6O2. The highest BCUT2D eigenvalue weighted by Gasteiger charge is 2.31. The Labute approximate surface area is 149 Å². The summed E-state index contributed by atoms with van der Waals surface area (Å²) in [6.07, 6.45) is 4.91. The number of pyridine rings is 1. The van der Waals surface area contributed by atoms with E-state index in [1.165, 1.54) is 17.1 Å². The molecule has 26 heavy (non-hydrogen) atoms. The molecule has 4 heterocycles. The van der Waals surface area contributed by atoms with Gasteiger partial charge in [0.25, 0.3) is 5.56 Å². The molecule has 0 amide bonds. The van der Waals surface area contributed by atoms with Crippen LogP contribution in [0, 0.1) is 6.92 Å². The van der Waals surface area contributed by atoms with Crippen LogP contribution in [0.4, 0.5) is 5.82 Å². The smallest absolute Gasteiger partial charge is 0.267 e. The van der Waals surface area contributed by atoms with Crippen molar-refractivity contribution < 1.29 is 4.74 Å². The molecule has 132 valence electrons. The number of nitrogens with zero attached hydrogens (tertiary/aromatic N) is 5. The van der Waals surface area contributed by atoms with E-state index in [1.807, 2.05) is 25.1 Å². The van der Waals surface area contributed by atoms with E-state index in [4.69, 9.17) is 4.74 Å². The van der Waals surface area contributed by atoms with E-state index >= 15 is 0 Å². The van der Waals surface area contributed by atoms with Crippen LogP contribution in [0.15, 0.2) is 53.8 Å². The molecular weight excluding hydrogens is 332 g/mol. The van der Waals surface area contributed by atoms with Crippen LogP contribution in [-0.4, -0.2) is 44.0 Å². The van der Waals surface area contributed by atoms with Gasteiger partial charge in [0.2, 0.25) is 0 Å². The number of anilines is 1. The van der Waals surface area contributed by atoms with Crippen LogP contribution in [0.2, 0.25) is 0 Å². The molecule has 1 saturated heterocycles. The second kappa shape index (κ2) is 7.01. The highest BCUT2D eigenvalue weighted by atomic mass is 16.5. The SMILES string of the molecule is Cc1cc(NC2COCC2n2nc(-c3ccncc3)ccc2=O)ncn1. The summed E-state index contributed by atoms with van der Waals surface area (Å²) in [7, 11) is 0. The summed E-state index contributed by atoms with van der Waals surface area (Å²) in [6.45, 7) is 2.79. The average molecular weight is 350 g/mol. The summed E-state index contributed by atoms with van der Waals surface area (Å²) in [4.78, 5) is 24.8. The van der Waals surface area contributed by atoms with E-state index in [0.717, 1.165) is 17.0 Å². The van der Waals surface area contributed by atoms with Crippen LogP contribution >= 0.6 is 0 Å². The minimum absolute atomic E-state index is 0.109. The first kappa shape index (κ1) is 16.3. The number of hydrogen-bond donors (Lipinski definition) is 1. The molecule has 0 spiro atoms. The van der Waals surface area contributed by atoms with Crippen molar-refractivity contribution in [1.29, 1.82) is 0 Å². The molecule has 2 atom stereocenters. The normalized spacial score (nSPS) is 19.4. The van der Waals surface area contributed by atoms with Gasteiger partial charge in [-0.05, 0) is 25.1 Å². The molecule has 0 bridgehead atoms. The zero-order valence-electron chi connectivity index (χ0n) is 14.2. The zero-order chi connectivity index (χ0) is 17.9. The fourth-order valence-electron chi connectivity index (χ4n) is 2.98. The van der Waals surface area contributed by atoms with Gasteiger partial charge in [-0.2, -0.15) is 5.10 Å². The van der Waals surface area contributed by atoms with Crippen LogP contribution in [0.3, 0.4) is 0 Å². The Bertz CT molecular complexity index is 959. The topological polar surface area (TPSA) is 94.8 Å². The van der Waals surface area contributed by atoms with Gasteiger partial charge >= 0.3 is 0 Å². The van der Waals surface area contributed by atoms with E-state index in [9.17, 15) is 4.79 Å². The van der Waals surface area contributed by atoms with Crippen LogP contribution in [0.25, 0.3) is 11.3 Å². The molecule has 8 nitrogen and oxygen atoms in total. The first-order valence-corrected chi connectivity index (χ1v) is 8.34. The van der Waals surface area contributed by atoms with Crippen molar-refractivity contribution in [3.63, 3.8) is 0 Å². The van der Waals surface area contributed by atoms with Crippen molar-refractivity contribution >= 4 is 5.82 Å². The van der Waals surface area contributed by atoms with E-state index in [-0.39, 0.29) is 17.6 Å². The fraction of sp³-hybridized carbons (Fsp3) is 0.278. The van der Waals surface area contributed by atoms with Gasteiger partial charge in [-0.1, -0.05) is 0 Å². The third-order valence-electron chi connectivity index (χ3n) is 4.30. The number of hydrogen-bond acceptors (Lipinski definition) is 7. The lowest BCUT2D eigenvalue weighted by molar-refractivity contribution is 0.183. The number of rotatable bonds is 4. The monoisotopic (exact) mass is 350 g/mol. The summed E-state index contributed by atoms with van der Waals surface area (Å²) in [5.74, 6) is 0.705. The van der Waals surface area contributed by atoms with Gasteiger partial charge in [0.1, 0.15) is 18.2 Å². The summed E-state index contributed by atoms with van der Waals surface area (Å²) >= 11 is 0. The first-order chi connectivity index (χ1) is 12.7. The maximum atomic E-state index is 12.4. The van der Waals surface area contributed by atoms with E-state index < -0.39 is 0 Å². The third-order valence-corrected chi connectivity index (χ3v) is 4.30. The summed E-state index contributed by atoms with van der Waals surface area (Å²) in [5, 5.41) is 7.89. The Hall–Kier alpha value is -3.13. The Morgan fingerprint density at radius 1 is 1.15 bits per heavy atom. The standard InChI is InChI=1S/C18H18N6O2/c1-12-8-17(21-11-20-12)22-15-9-26-10-16(15)24-18(25)3-2-14(23-24)13-4-6-19-7-5-13/h2-8,11,15-16H,9-10H2,1H3,(H,20,21,22). The van der Waals surface area contributed by atoms with E-state index in [2.05, 4.69) is 25.4 Å². The van der Waals surface area contributed by atoms with Gasteiger partial charge in [0.15, 0.2) is 0 Å². The summed E-state index contributed by atoms with van der Waals surface area (Å²) in [5.41, 5.74) is 2.33. The number of ether oxygens (including phenoxy) is 1. The van der Waals surface area contributed by atoms with Gasteiger partial charge in [-0.3, -0.25) is 9.78 Å². The summed E-state index contributed by atoms with van der Waals surface area (Å²) < 4.78 is 7.11. The van der Waals surface area contributed by atoms with E-state index in [0.29, 0.717) is 19.0 Å². The molecule has 0 aromatic carbocycles. The number of nitrogens with one attached hydrogen (secondary N) is 1. The van der Waals surface area contributed by atoms with Crippen LogP contribution in [0.5, 0.6) is 0 Å². The molecule has 0 saturated carbocycles. The molecule has 0 radical (unpaired) electrons. The second-order valence-corrected chi connectivity index (χ2v) is 6.14. The molecule has 2 unspecified atom stereocenters. The minimum atomic E-state index is -0.223. The molecule has 1 fully saturated rings. The van der Waals surface area contributed by atoms with Gasteiger partial charge in [0.05, 0.1) is 24.9 Å². The van der Waals surface area contributed by atoms with Crippen LogP contribution in [-0.2, 0) is 4.74 Å². The second-order valence-electron chi connectivity index (χ2n) is 6.14. The van der Waals surface area contributed by atoms with Crippen molar-refractivity contribution in [2.24, 2.45) is 0 Å².